The Labute approximate surface area is 92.8 Å². The van der Waals surface area contributed by atoms with E-state index in [-0.39, 0.29) is 5.84 Å². The van der Waals surface area contributed by atoms with Crippen LogP contribution in [0.5, 0.6) is 0 Å². The van der Waals surface area contributed by atoms with Gasteiger partial charge in [0.25, 0.3) is 0 Å². The van der Waals surface area contributed by atoms with Gasteiger partial charge in [-0.2, -0.15) is 5.53 Å². The quantitative estimate of drug-likeness (QED) is 0.242. The normalized spacial score (nSPS) is 9.73. The molecule has 1 aromatic carbocycles. The molecule has 0 aliphatic rings. The minimum atomic E-state index is 0.207. The monoisotopic (exact) mass is 225 g/mol. The van der Waals surface area contributed by atoms with Crippen LogP contribution in [0.15, 0.2) is 23.4 Å². The Hall–Kier alpha value is -1.62. The van der Waals surface area contributed by atoms with Gasteiger partial charge in [0.1, 0.15) is 5.84 Å². The van der Waals surface area contributed by atoms with Gasteiger partial charge in [0, 0.05) is 24.2 Å². The Balaban J connectivity index is 2.81. The molecule has 1 rings (SSSR count). The second-order valence-corrected chi connectivity index (χ2v) is 3.53. The molecular weight excluding hydrogens is 214 g/mol. The maximum atomic E-state index is 7.61. The van der Waals surface area contributed by atoms with Crippen molar-refractivity contribution in [1.82, 2.24) is 5.01 Å². The number of nitrogens with two attached hydrogens (primary N) is 1. The summed E-state index contributed by atoms with van der Waals surface area (Å²) in [6.07, 6.45) is 0.335. The van der Waals surface area contributed by atoms with Crippen LogP contribution < -0.4 is 5.73 Å². The summed E-state index contributed by atoms with van der Waals surface area (Å²) in [5.41, 5.74) is 13.8. The SMILES string of the molecule is CN(N=N)C(=N)Cc1ccc(Cl)cc1N. The van der Waals surface area contributed by atoms with Crippen LogP contribution in [0.1, 0.15) is 5.56 Å². The molecule has 0 amide bonds. The smallest absolute Gasteiger partial charge is 0.123 e. The Bertz CT molecular complexity index is 390. The van der Waals surface area contributed by atoms with E-state index in [0.717, 1.165) is 5.56 Å². The lowest BCUT2D eigenvalue weighted by atomic mass is 10.1. The number of benzene rings is 1. The minimum absolute atomic E-state index is 0.207. The number of nitrogen functional groups attached to an aromatic ring is 1. The number of halogens is 1. The Morgan fingerprint density at radius 2 is 2.27 bits per heavy atom. The first-order valence-electron chi connectivity index (χ1n) is 4.27. The van der Waals surface area contributed by atoms with E-state index in [2.05, 4.69) is 5.22 Å². The summed E-state index contributed by atoms with van der Waals surface area (Å²) in [5, 5.41) is 12.5. The average Bonchev–Trinajstić information content (AvgIpc) is 2.20. The molecule has 6 heteroatoms. The number of nitrogens with zero attached hydrogens (tertiary/aromatic N) is 2. The van der Waals surface area contributed by atoms with Crippen LogP contribution >= 0.6 is 11.6 Å². The van der Waals surface area contributed by atoms with Gasteiger partial charge in [0.15, 0.2) is 0 Å². The van der Waals surface area contributed by atoms with Gasteiger partial charge in [-0.15, -0.1) is 0 Å². The van der Waals surface area contributed by atoms with Gasteiger partial charge in [-0.05, 0) is 17.7 Å². The lowest BCUT2D eigenvalue weighted by Crippen LogP contribution is -2.21. The van der Waals surface area contributed by atoms with Crippen molar-refractivity contribution in [3.8, 4) is 0 Å². The summed E-state index contributed by atoms with van der Waals surface area (Å²) >= 11 is 5.75. The Morgan fingerprint density at radius 1 is 1.60 bits per heavy atom. The third-order valence-corrected chi connectivity index (χ3v) is 2.24. The first kappa shape index (κ1) is 11.5. The lowest BCUT2D eigenvalue weighted by Gasteiger charge is -2.12. The highest BCUT2D eigenvalue weighted by molar-refractivity contribution is 6.30. The first-order valence-corrected chi connectivity index (χ1v) is 4.65. The molecule has 0 heterocycles. The molecule has 0 unspecified atom stereocenters. The number of nitrogens with one attached hydrogen (secondary N) is 2. The van der Waals surface area contributed by atoms with Crippen LogP contribution in [0.25, 0.3) is 0 Å². The number of rotatable bonds is 3. The van der Waals surface area contributed by atoms with Gasteiger partial charge >= 0.3 is 0 Å². The van der Waals surface area contributed by atoms with E-state index in [1.807, 2.05) is 0 Å². The maximum Gasteiger partial charge on any atom is 0.123 e. The zero-order valence-electron chi connectivity index (χ0n) is 8.29. The summed E-state index contributed by atoms with van der Waals surface area (Å²) in [4.78, 5) is 0. The van der Waals surface area contributed by atoms with Crippen molar-refractivity contribution < 1.29 is 0 Å². The van der Waals surface area contributed by atoms with Crippen molar-refractivity contribution in [2.75, 3.05) is 12.8 Å². The summed E-state index contributed by atoms with van der Waals surface area (Å²) in [6.45, 7) is 0. The largest absolute Gasteiger partial charge is 0.398 e. The molecule has 15 heavy (non-hydrogen) atoms. The van der Waals surface area contributed by atoms with E-state index < -0.39 is 0 Å². The van der Waals surface area contributed by atoms with Crippen LogP contribution in [0.2, 0.25) is 5.02 Å². The van der Waals surface area contributed by atoms with Gasteiger partial charge in [-0.1, -0.05) is 22.9 Å². The van der Waals surface area contributed by atoms with Crippen LogP contribution in [-0.4, -0.2) is 17.9 Å². The van der Waals surface area contributed by atoms with Crippen LogP contribution in [0, 0.1) is 10.9 Å². The molecule has 0 aromatic heterocycles. The highest BCUT2D eigenvalue weighted by Crippen LogP contribution is 2.18. The zero-order valence-corrected chi connectivity index (χ0v) is 9.04. The summed E-state index contributed by atoms with van der Waals surface area (Å²) in [5.74, 6) is 0.207. The summed E-state index contributed by atoms with van der Waals surface area (Å²) < 4.78 is 0. The number of amidine groups is 1. The predicted octanol–water partition coefficient (Wildman–Crippen LogP) is 2.32. The zero-order chi connectivity index (χ0) is 11.4. The molecule has 1 aromatic rings. The molecule has 0 fully saturated rings. The number of hydrogen-bond donors (Lipinski definition) is 3. The first-order chi connectivity index (χ1) is 7.04. The van der Waals surface area contributed by atoms with Gasteiger partial charge in [0.05, 0.1) is 0 Å². The molecule has 0 spiro atoms. The molecule has 0 bridgehead atoms. The summed E-state index contributed by atoms with van der Waals surface area (Å²) in [7, 11) is 1.54. The number of likely N-dealkylation sites (N-methyl/N-ethyl adjacent to an activating group) is 1. The van der Waals surface area contributed by atoms with E-state index >= 15 is 0 Å². The third-order valence-electron chi connectivity index (χ3n) is 2.01. The predicted molar refractivity (Wildman–Crippen MR) is 60.2 cm³/mol. The second kappa shape index (κ2) is 4.75. The lowest BCUT2D eigenvalue weighted by molar-refractivity contribution is 0.477. The molecule has 0 saturated heterocycles. The van der Waals surface area contributed by atoms with Crippen LogP contribution in [-0.2, 0) is 6.42 Å². The molecule has 0 atom stereocenters. The Morgan fingerprint density at radius 3 is 2.80 bits per heavy atom. The average molecular weight is 226 g/mol. The van der Waals surface area contributed by atoms with Crippen molar-refractivity contribution >= 4 is 23.1 Å². The molecule has 0 radical (unpaired) electrons. The molecular formula is C9H12ClN5. The van der Waals surface area contributed by atoms with Crippen LogP contribution in [0.4, 0.5) is 5.69 Å². The molecule has 5 nitrogen and oxygen atoms in total. The highest BCUT2D eigenvalue weighted by Gasteiger charge is 2.07. The molecule has 80 valence electrons. The van der Waals surface area contributed by atoms with Gasteiger partial charge in [0.2, 0.25) is 0 Å². The number of anilines is 1. The fourth-order valence-corrected chi connectivity index (χ4v) is 1.26. The van der Waals surface area contributed by atoms with Crippen molar-refractivity contribution in [3.63, 3.8) is 0 Å². The van der Waals surface area contributed by atoms with E-state index in [9.17, 15) is 0 Å². The van der Waals surface area contributed by atoms with Crippen molar-refractivity contribution in [2.24, 2.45) is 5.22 Å². The Kier molecular flexibility index (Phi) is 3.62. The highest BCUT2D eigenvalue weighted by atomic mass is 35.5. The maximum absolute atomic E-state index is 7.61. The second-order valence-electron chi connectivity index (χ2n) is 3.09. The van der Waals surface area contributed by atoms with E-state index in [1.54, 1.807) is 25.2 Å². The molecule has 0 aliphatic carbocycles. The summed E-state index contributed by atoms with van der Waals surface area (Å²) in [6, 6.07) is 5.13. The van der Waals surface area contributed by atoms with Crippen molar-refractivity contribution in [1.29, 1.82) is 10.9 Å². The van der Waals surface area contributed by atoms with E-state index in [0.29, 0.717) is 17.1 Å². The van der Waals surface area contributed by atoms with Gasteiger partial charge < -0.3 is 5.73 Å². The van der Waals surface area contributed by atoms with Crippen molar-refractivity contribution in [2.45, 2.75) is 6.42 Å². The standard InChI is InChI=1S/C9H12ClN5/c1-15(14-13)9(12)4-6-2-3-7(10)5-8(6)11/h2-3,5,12-13H,4,11H2,1H3. The van der Waals surface area contributed by atoms with E-state index in [1.165, 1.54) is 5.01 Å². The molecule has 0 aliphatic heterocycles. The van der Waals surface area contributed by atoms with E-state index in [4.69, 9.17) is 28.3 Å². The third kappa shape index (κ3) is 2.92. The van der Waals surface area contributed by atoms with Gasteiger partial charge in [-0.3, -0.25) is 5.41 Å². The van der Waals surface area contributed by atoms with Gasteiger partial charge in [-0.25, -0.2) is 5.01 Å². The van der Waals surface area contributed by atoms with Crippen molar-refractivity contribution in [3.05, 3.63) is 28.8 Å². The minimum Gasteiger partial charge on any atom is -0.398 e. The number of hydrogen-bond acceptors (Lipinski definition) is 4. The molecule has 4 N–H and O–H groups in total. The topological polar surface area (TPSA) is 89.3 Å². The van der Waals surface area contributed by atoms with Crippen LogP contribution in [0.3, 0.4) is 0 Å². The fourth-order valence-electron chi connectivity index (χ4n) is 1.08. The molecule has 0 saturated carbocycles. The fraction of sp³-hybridized carbons (Fsp3) is 0.222.